The van der Waals surface area contributed by atoms with E-state index in [1.807, 2.05) is 19.3 Å². The van der Waals surface area contributed by atoms with E-state index >= 15 is 0 Å². The van der Waals surface area contributed by atoms with Crippen LogP contribution in [0.1, 0.15) is 26.3 Å². The van der Waals surface area contributed by atoms with Crippen molar-refractivity contribution in [2.24, 2.45) is 7.05 Å². The Kier molecular flexibility index (Phi) is 5.18. The van der Waals surface area contributed by atoms with Gasteiger partial charge < -0.3 is 15.0 Å². The molecule has 0 aliphatic rings. The lowest BCUT2D eigenvalue weighted by atomic mass is 10.1. The van der Waals surface area contributed by atoms with Gasteiger partial charge in [-0.1, -0.05) is 12.1 Å². The number of alkyl carbamates (subject to hydrolysis) is 1. The third-order valence-corrected chi connectivity index (χ3v) is 4.59. The van der Waals surface area contributed by atoms with Gasteiger partial charge in [0.15, 0.2) is 0 Å². The molecule has 0 aliphatic carbocycles. The Morgan fingerprint density at radius 1 is 1.23 bits per heavy atom. The molecule has 0 spiro atoms. The van der Waals surface area contributed by atoms with Crippen molar-refractivity contribution in [2.45, 2.75) is 32.9 Å². The number of carbonyl (C=O) groups excluding carboxylic acids is 1. The van der Waals surface area contributed by atoms with Crippen LogP contribution in [-0.4, -0.2) is 36.4 Å². The number of aromatic nitrogens is 5. The highest BCUT2D eigenvalue weighted by molar-refractivity contribution is 5.94. The summed E-state index contributed by atoms with van der Waals surface area (Å²) < 4.78 is 21.6. The van der Waals surface area contributed by atoms with Gasteiger partial charge in [-0.15, -0.1) is 0 Å². The van der Waals surface area contributed by atoms with E-state index in [0.29, 0.717) is 22.5 Å². The Bertz CT molecular complexity index is 1250. The molecule has 0 saturated carbocycles. The summed E-state index contributed by atoms with van der Waals surface area (Å²) >= 11 is 0. The van der Waals surface area contributed by atoms with Gasteiger partial charge in [0.2, 0.25) is 0 Å². The molecule has 0 saturated heterocycles. The molecule has 1 amide bonds. The van der Waals surface area contributed by atoms with Crippen LogP contribution in [0.3, 0.4) is 0 Å². The fourth-order valence-electron chi connectivity index (χ4n) is 3.21. The van der Waals surface area contributed by atoms with E-state index in [1.165, 1.54) is 12.4 Å². The van der Waals surface area contributed by atoms with Crippen molar-refractivity contribution in [2.75, 3.05) is 0 Å². The topological polar surface area (TPSA) is 97.7 Å². The number of aromatic amines is 1. The minimum Gasteiger partial charge on any atom is -0.444 e. The average Bonchev–Trinajstić information content (AvgIpc) is 3.31. The van der Waals surface area contributed by atoms with Gasteiger partial charge in [-0.25, -0.2) is 19.2 Å². The Hall–Kier alpha value is -3.75. The van der Waals surface area contributed by atoms with E-state index in [1.54, 1.807) is 43.8 Å². The summed E-state index contributed by atoms with van der Waals surface area (Å²) in [5.74, 6) is -0.441. The van der Waals surface area contributed by atoms with Crippen molar-refractivity contribution in [1.29, 1.82) is 0 Å². The molecule has 31 heavy (non-hydrogen) atoms. The van der Waals surface area contributed by atoms with E-state index in [2.05, 4.69) is 25.4 Å². The van der Waals surface area contributed by atoms with Crippen LogP contribution in [0.4, 0.5) is 9.18 Å². The number of hydrogen-bond acceptors (Lipinski definition) is 5. The lowest BCUT2D eigenvalue weighted by Crippen LogP contribution is -2.32. The van der Waals surface area contributed by atoms with Crippen LogP contribution < -0.4 is 5.32 Å². The maximum Gasteiger partial charge on any atom is 0.407 e. The van der Waals surface area contributed by atoms with Gasteiger partial charge in [-0.3, -0.25) is 4.68 Å². The predicted octanol–water partition coefficient (Wildman–Crippen LogP) is 4.19. The molecule has 0 unspecified atom stereocenters. The summed E-state index contributed by atoms with van der Waals surface area (Å²) in [6.07, 6.45) is 4.49. The summed E-state index contributed by atoms with van der Waals surface area (Å²) in [5, 5.41) is 7.53. The number of rotatable bonds is 4. The van der Waals surface area contributed by atoms with E-state index in [9.17, 15) is 9.18 Å². The van der Waals surface area contributed by atoms with Crippen molar-refractivity contribution >= 4 is 17.1 Å². The summed E-state index contributed by atoms with van der Waals surface area (Å²) in [4.78, 5) is 23.7. The fraction of sp³-hybridized carbons (Fsp3) is 0.273. The first-order chi connectivity index (χ1) is 14.7. The summed E-state index contributed by atoms with van der Waals surface area (Å²) in [6.45, 7) is 5.33. The summed E-state index contributed by atoms with van der Waals surface area (Å²) in [7, 11) is 1.85. The van der Waals surface area contributed by atoms with Gasteiger partial charge >= 0.3 is 6.09 Å². The normalized spacial score (nSPS) is 11.6. The Balaban J connectivity index is 1.59. The van der Waals surface area contributed by atoms with Gasteiger partial charge in [0.05, 0.1) is 17.6 Å². The third kappa shape index (κ3) is 4.55. The van der Waals surface area contributed by atoms with Gasteiger partial charge in [-0.05, 0) is 32.9 Å². The molecule has 0 bridgehead atoms. The molecule has 0 atom stereocenters. The molecule has 0 fully saturated rings. The van der Waals surface area contributed by atoms with Gasteiger partial charge in [0.25, 0.3) is 0 Å². The Morgan fingerprint density at radius 3 is 2.71 bits per heavy atom. The number of H-pyrrole nitrogens is 1. The molecule has 2 N–H and O–H groups in total. The van der Waals surface area contributed by atoms with Gasteiger partial charge in [0, 0.05) is 41.9 Å². The monoisotopic (exact) mass is 422 g/mol. The molecule has 0 radical (unpaired) electrons. The highest BCUT2D eigenvalue weighted by Gasteiger charge is 2.17. The van der Waals surface area contributed by atoms with Crippen LogP contribution in [0, 0.1) is 5.82 Å². The molecular formula is C22H23FN6O2. The molecule has 8 nitrogen and oxygen atoms in total. The second-order valence-corrected chi connectivity index (χ2v) is 8.23. The van der Waals surface area contributed by atoms with Crippen molar-refractivity contribution in [1.82, 2.24) is 30.0 Å². The fourth-order valence-corrected chi connectivity index (χ4v) is 3.21. The highest BCUT2D eigenvalue weighted by atomic mass is 19.1. The van der Waals surface area contributed by atoms with Crippen LogP contribution in [0.5, 0.6) is 0 Å². The molecule has 9 heteroatoms. The predicted molar refractivity (Wildman–Crippen MR) is 115 cm³/mol. The van der Waals surface area contributed by atoms with Crippen molar-refractivity contribution in [3.63, 3.8) is 0 Å². The Labute approximate surface area is 178 Å². The smallest absolute Gasteiger partial charge is 0.407 e. The molecule has 3 aromatic heterocycles. The van der Waals surface area contributed by atoms with Crippen LogP contribution in [0.15, 0.2) is 43.0 Å². The second kappa shape index (κ2) is 7.82. The molecular weight excluding hydrogens is 399 g/mol. The molecule has 4 rings (SSSR count). The third-order valence-electron chi connectivity index (χ3n) is 4.59. The number of nitrogens with one attached hydrogen (secondary N) is 2. The zero-order valence-corrected chi connectivity index (χ0v) is 17.7. The molecule has 3 heterocycles. The second-order valence-electron chi connectivity index (χ2n) is 8.23. The minimum atomic E-state index is -0.615. The number of aryl methyl sites for hydroxylation is 1. The van der Waals surface area contributed by atoms with Gasteiger partial charge in [-0.2, -0.15) is 5.10 Å². The SMILES string of the molecule is Cn1cc(-c2cc3c(-c4ccc(CNC(=O)OC(C)(C)C)c(F)c4)ncnc3[nH]2)cn1. The number of fused-ring (bicyclic) bond motifs is 1. The first kappa shape index (κ1) is 20.5. The number of amides is 1. The number of ether oxygens (including phenoxy) is 1. The van der Waals surface area contributed by atoms with Gasteiger partial charge in [0.1, 0.15) is 23.4 Å². The van der Waals surface area contributed by atoms with E-state index in [-0.39, 0.29) is 6.54 Å². The van der Waals surface area contributed by atoms with Crippen molar-refractivity contribution in [3.05, 3.63) is 54.4 Å². The average molecular weight is 422 g/mol. The van der Waals surface area contributed by atoms with Crippen LogP contribution >= 0.6 is 0 Å². The number of carbonyl (C=O) groups is 1. The zero-order chi connectivity index (χ0) is 22.2. The molecule has 4 aromatic rings. The Morgan fingerprint density at radius 2 is 2.03 bits per heavy atom. The highest BCUT2D eigenvalue weighted by Crippen LogP contribution is 2.30. The molecule has 0 aliphatic heterocycles. The largest absolute Gasteiger partial charge is 0.444 e. The standard InChI is InChI=1S/C22H23FN6O2/c1-22(2,3)31-21(30)24-9-14-6-5-13(7-17(14)23)19-16-8-18(15-10-27-29(4)11-15)28-20(16)26-12-25-19/h5-8,10-12H,9H2,1-4H3,(H,24,30)(H,25,26,28). The molecule has 160 valence electrons. The molecule has 1 aromatic carbocycles. The van der Waals surface area contributed by atoms with E-state index < -0.39 is 17.5 Å². The van der Waals surface area contributed by atoms with Crippen LogP contribution in [0.25, 0.3) is 33.5 Å². The lowest BCUT2D eigenvalue weighted by molar-refractivity contribution is 0.0523. The van der Waals surface area contributed by atoms with Crippen molar-refractivity contribution in [3.8, 4) is 22.5 Å². The first-order valence-electron chi connectivity index (χ1n) is 9.78. The maximum atomic E-state index is 14.7. The number of hydrogen-bond donors (Lipinski definition) is 2. The number of halogens is 1. The quantitative estimate of drug-likeness (QED) is 0.514. The zero-order valence-electron chi connectivity index (χ0n) is 17.7. The minimum absolute atomic E-state index is 0.0233. The summed E-state index contributed by atoms with van der Waals surface area (Å²) in [6, 6.07) is 6.74. The number of benzene rings is 1. The maximum absolute atomic E-state index is 14.7. The number of nitrogens with zero attached hydrogens (tertiary/aromatic N) is 4. The van der Waals surface area contributed by atoms with E-state index in [0.717, 1.165) is 16.6 Å². The lowest BCUT2D eigenvalue weighted by Gasteiger charge is -2.19. The summed E-state index contributed by atoms with van der Waals surface area (Å²) in [5.41, 5.74) is 3.38. The first-order valence-corrected chi connectivity index (χ1v) is 9.78. The van der Waals surface area contributed by atoms with Crippen LogP contribution in [0.2, 0.25) is 0 Å². The van der Waals surface area contributed by atoms with Crippen molar-refractivity contribution < 1.29 is 13.9 Å². The van der Waals surface area contributed by atoms with E-state index in [4.69, 9.17) is 4.74 Å². The van der Waals surface area contributed by atoms with Crippen LogP contribution in [-0.2, 0) is 18.3 Å².